The van der Waals surface area contributed by atoms with Gasteiger partial charge in [-0.25, -0.2) is 0 Å². The molecule has 21 heavy (non-hydrogen) atoms. The second kappa shape index (κ2) is 6.37. The number of benzene rings is 1. The lowest BCUT2D eigenvalue weighted by Crippen LogP contribution is -2.54. The lowest BCUT2D eigenvalue weighted by molar-refractivity contribution is -0.122. The van der Waals surface area contributed by atoms with E-state index in [2.05, 4.69) is 5.32 Å². The Hall–Kier alpha value is -1.06. The van der Waals surface area contributed by atoms with Crippen molar-refractivity contribution in [3.8, 4) is 0 Å². The second-order valence-corrected chi connectivity index (χ2v) is 6.95. The van der Waals surface area contributed by atoms with Crippen LogP contribution in [0.2, 0.25) is 5.02 Å². The lowest BCUT2D eigenvalue weighted by atomic mass is 9.67. The van der Waals surface area contributed by atoms with Crippen LogP contribution in [0.1, 0.15) is 37.7 Å². The number of rotatable bonds is 3. The van der Waals surface area contributed by atoms with Gasteiger partial charge in [0.25, 0.3) is 0 Å². The minimum atomic E-state index is 0.0838. The molecule has 0 heterocycles. The molecule has 4 heteroatoms. The van der Waals surface area contributed by atoms with E-state index in [1.54, 1.807) is 0 Å². The van der Waals surface area contributed by atoms with E-state index in [4.69, 9.17) is 17.3 Å². The quantitative estimate of drug-likeness (QED) is 0.902. The van der Waals surface area contributed by atoms with Crippen LogP contribution in [0.5, 0.6) is 0 Å². The van der Waals surface area contributed by atoms with E-state index < -0.39 is 0 Å². The molecule has 0 aromatic heterocycles. The highest BCUT2D eigenvalue weighted by Crippen LogP contribution is 2.39. The first-order valence-corrected chi connectivity index (χ1v) is 8.29. The number of carbonyl (C=O) groups is 1. The van der Waals surface area contributed by atoms with Crippen LogP contribution in [0.4, 0.5) is 0 Å². The fourth-order valence-corrected chi connectivity index (χ4v) is 4.28. The number of halogens is 1. The molecular weight excluding hydrogens is 284 g/mol. The zero-order valence-electron chi connectivity index (χ0n) is 12.2. The molecular formula is C17H23ClN2O. The van der Waals surface area contributed by atoms with Crippen LogP contribution in [0.15, 0.2) is 24.3 Å². The Labute approximate surface area is 131 Å². The van der Waals surface area contributed by atoms with Gasteiger partial charge in [-0.15, -0.1) is 0 Å². The molecule has 1 aromatic rings. The molecule has 3 nitrogen and oxygen atoms in total. The lowest BCUT2D eigenvalue weighted by Gasteiger charge is -2.45. The van der Waals surface area contributed by atoms with Crippen LogP contribution in [0, 0.1) is 11.8 Å². The molecule has 0 spiro atoms. The molecule has 2 bridgehead atoms. The van der Waals surface area contributed by atoms with Crippen molar-refractivity contribution in [3.05, 3.63) is 34.9 Å². The van der Waals surface area contributed by atoms with Crippen molar-refractivity contribution >= 4 is 17.5 Å². The summed E-state index contributed by atoms with van der Waals surface area (Å²) in [5.74, 6) is 1.20. The molecule has 114 valence electrons. The Balaban J connectivity index is 1.63. The van der Waals surface area contributed by atoms with Crippen molar-refractivity contribution < 1.29 is 4.79 Å². The Bertz CT molecular complexity index is 505. The van der Waals surface area contributed by atoms with E-state index in [1.165, 1.54) is 19.3 Å². The summed E-state index contributed by atoms with van der Waals surface area (Å²) >= 11 is 6.13. The second-order valence-electron chi connectivity index (χ2n) is 6.54. The molecule has 3 N–H and O–H groups in total. The van der Waals surface area contributed by atoms with Gasteiger partial charge in [0, 0.05) is 17.1 Å². The van der Waals surface area contributed by atoms with Crippen molar-refractivity contribution in [2.45, 2.75) is 50.6 Å². The normalized spacial score (nSPS) is 31.7. The summed E-state index contributed by atoms with van der Waals surface area (Å²) in [7, 11) is 0. The van der Waals surface area contributed by atoms with E-state index in [1.807, 2.05) is 24.3 Å². The van der Waals surface area contributed by atoms with Crippen LogP contribution in [-0.4, -0.2) is 18.0 Å². The Morgan fingerprint density at radius 1 is 1.24 bits per heavy atom. The SMILES string of the molecule is NC1CC2CCCC(C1)C2NC(=O)Cc1ccccc1Cl. The number of amides is 1. The molecule has 0 saturated heterocycles. The van der Waals surface area contributed by atoms with E-state index in [0.29, 0.717) is 35.4 Å². The maximum Gasteiger partial charge on any atom is 0.224 e. The minimum Gasteiger partial charge on any atom is -0.353 e. The summed E-state index contributed by atoms with van der Waals surface area (Å²) in [4.78, 5) is 12.3. The highest BCUT2D eigenvalue weighted by molar-refractivity contribution is 6.31. The number of fused-ring (bicyclic) bond motifs is 2. The third-order valence-corrected chi connectivity index (χ3v) is 5.38. The van der Waals surface area contributed by atoms with Crippen LogP contribution in [-0.2, 0) is 11.2 Å². The molecule has 0 aliphatic heterocycles. The van der Waals surface area contributed by atoms with Crippen molar-refractivity contribution in [2.24, 2.45) is 17.6 Å². The zero-order valence-corrected chi connectivity index (χ0v) is 13.0. The van der Waals surface area contributed by atoms with Gasteiger partial charge in [-0.05, 0) is 49.1 Å². The molecule has 2 aliphatic rings. The first-order chi connectivity index (χ1) is 10.1. The maximum absolute atomic E-state index is 12.3. The highest BCUT2D eigenvalue weighted by Gasteiger charge is 2.39. The monoisotopic (exact) mass is 306 g/mol. The number of hydrogen-bond acceptors (Lipinski definition) is 2. The summed E-state index contributed by atoms with van der Waals surface area (Å²) < 4.78 is 0. The molecule has 0 radical (unpaired) electrons. The van der Waals surface area contributed by atoms with Gasteiger partial charge in [-0.1, -0.05) is 36.2 Å². The predicted molar refractivity (Wildman–Crippen MR) is 85.1 cm³/mol. The highest BCUT2D eigenvalue weighted by atomic mass is 35.5. The van der Waals surface area contributed by atoms with Crippen LogP contribution in [0.3, 0.4) is 0 Å². The van der Waals surface area contributed by atoms with E-state index in [-0.39, 0.29) is 5.91 Å². The van der Waals surface area contributed by atoms with Gasteiger partial charge in [-0.3, -0.25) is 4.79 Å². The van der Waals surface area contributed by atoms with E-state index >= 15 is 0 Å². The van der Waals surface area contributed by atoms with Crippen molar-refractivity contribution in [1.29, 1.82) is 0 Å². The Kier molecular flexibility index (Phi) is 4.51. The summed E-state index contributed by atoms with van der Waals surface area (Å²) in [5.41, 5.74) is 7.03. The average molecular weight is 307 g/mol. The average Bonchev–Trinajstić information content (AvgIpc) is 2.42. The van der Waals surface area contributed by atoms with Crippen molar-refractivity contribution in [2.75, 3.05) is 0 Å². The number of hydrogen-bond donors (Lipinski definition) is 2. The molecule has 2 fully saturated rings. The van der Waals surface area contributed by atoms with Crippen molar-refractivity contribution in [3.63, 3.8) is 0 Å². The predicted octanol–water partition coefficient (Wildman–Crippen LogP) is 2.90. The Morgan fingerprint density at radius 3 is 2.57 bits per heavy atom. The van der Waals surface area contributed by atoms with Crippen molar-refractivity contribution in [1.82, 2.24) is 5.32 Å². The smallest absolute Gasteiger partial charge is 0.224 e. The van der Waals surface area contributed by atoms with Crippen LogP contribution in [0.25, 0.3) is 0 Å². The van der Waals surface area contributed by atoms with Gasteiger partial charge in [0.2, 0.25) is 5.91 Å². The van der Waals surface area contributed by atoms with Crippen LogP contribution < -0.4 is 11.1 Å². The maximum atomic E-state index is 12.3. The zero-order chi connectivity index (χ0) is 14.8. The number of carbonyl (C=O) groups excluding carboxylic acids is 1. The molecule has 2 aliphatic carbocycles. The molecule has 2 atom stereocenters. The van der Waals surface area contributed by atoms with Gasteiger partial charge in [0.05, 0.1) is 6.42 Å². The molecule has 2 unspecified atom stereocenters. The van der Waals surface area contributed by atoms with E-state index in [0.717, 1.165) is 18.4 Å². The third kappa shape index (κ3) is 3.41. The summed E-state index contributed by atoms with van der Waals surface area (Å²) in [6, 6.07) is 8.18. The minimum absolute atomic E-state index is 0.0838. The Morgan fingerprint density at radius 2 is 1.90 bits per heavy atom. The van der Waals surface area contributed by atoms with Gasteiger partial charge >= 0.3 is 0 Å². The van der Waals surface area contributed by atoms with Gasteiger partial charge in [-0.2, -0.15) is 0 Å². The molecule has 1 aromatic carbocycles. The molecule has 2 saturated carbocycles. The number of nitrogens with two attached hydrogens (primary N) is 1. The van der Waals surface area contributed by atoms with Crippen LogP contribution >= 0.6 is 11.6 Å². The van der Waals surface area contributed by atoms with Gasteiger partial charge < -0.3 is 11.1 Å². The summed E-state index contributed by atoms with van der Waals surface area (Å²) in [6.45, 7) is 0. The van der Waals surface area contributed by atoms with Gasteiger partial charge in [0.15, 0.2) is 0 Å². The molecule has 3 rings (SSSR count). The third-order valence-electron chi connectivity index (χ3n) is 5.01. The molecule has 1 amide bonds. The topological polar surface area (TPSA) is 55.1 Å². The largest absolute Gasteiger partial charge is 0.353 e. The standard InChI is InChI=1S/C17H23ClN2O/c18-15-7-2-1-4-11(15)10-16(21)20-17-12-5-3-6-13(17)9-14(19)8-12/h1-2,4,7,12-14,17H,3,5-6,8-10,19H2,(H,20,21). The summed E-state index contributed by atoms with van der Waals surface area (Å²) in [6.07, 6.45) is 6.13. The fourth-order valence-electron chi connectivity index (χ4n) is 4.08. The first kappa shape index (κ1) is 14.9. The number of nitrogens with one attached hydrogen (secondary N) is 1. The van der Waals surface area contributed by atoms with E-state index in [9.17, 15) is 4.79 Å². The van der Waals surface area contributed by atoms with Gasteiger partial charge in [0.1, 0.15) is 0 Å². The first-order valence-electron chi connectivity index (χ1n) is 7.92. The summed E-state index contributed by atoms with van der Waals surface area (Å²) in [5, 5.41) is 3.93. The fraction of sp³-hybridized carbons (Fsp3) is 0.588.